The first-order valence-corrected chi connectivity index (χ1v) is 18.3. The van der Waals surface area contributed by atoms with Crippen molar-refractivity contribution in [2.45, 2.75) is 26.3 Å². The van der Waals surface area contributed by atoms with Crippen LogP contribution < -0.4 is 0 Å². The summed E-state index contributed by atoms with van der Waals surface area (Å²) >= 11 is 0. The number of aromatic nitrogens is 1. The van der Waals surface area contributed by atoms with Crippen LogP contribution >= 0.6 is 0 Å². The Bertz CT molecular complexity index is 2510. The van der Waals surface area contributed by atoms with Crippen molar-refractivity contribution in [3.8, 4) is 11.1 Å². The zero-order valence-electron chi connectivity index (χ0n) is 30.6. The molecular formula is C51H45NO. The quantitative estimate of drug-likeness (QED) is 0.131. The summed E-state index contributed by atoms with van der Waals surface area (Å²) in [5.74, 6) is 0.782. The molecule has 1 aromatic heterocycles. The largest absolute Gasteiger partial charge is 0.489 e. The van der Waals surface area contributed by atoms with Crippen LogP contribution in [0.2, 0.25) is 0 Å². The predicted octanol–water partition coefficient (Wildman–Crippen LogP) is 13.8. The highest BCUT2D eigenvalue weighted by atomic mass is 16.5. The molecule has 1 aliphatic rings. The molecular weight excluding hydrogens is 643 g/mol. The standard InChI is InChI=1S/C51H45NO/c1-5-18-41(27-26-39(4)52-48-24-16-15-23-47(48)51-46-22-14-13-21-44(46)32-33-49(51)52)45(36-38(3)50-25-12-7-6-8-17-34-53-50)35-37(2)40-28-30-43(31-29-40)42-19-10-9-11-20-42/h5-11,13-33,35-36,39H,1,3,12,34H2,2,4H3/b7-6-,17-8-,27-26-,37-35+,41-18+,45-36+,50-25-. The molecule has 0 aliphatic carbocycles. The fourth-order valence-electron chi connectivity index (χ4n) is 7.14. The van der Waals surface area contributed by atoms with Gasteiger partial charge in [-0.25, -0.2) is 0 Å². The van der Waals surface area contributed by atoms with Crippen molar-refractivity contribution in [1.29, 1.82) is 0 Å². The number of nitrogens with zero attached hydrogens (tertiary/aromatic N) is 1. The lowest BCUT2D eigenvalue weighted by Gasteiger charge is -2.15. The average molecular weight is 688 g/mol. The summed E-state index contributed by atoms with van der Waals surface area (Å²) in [7, 11) is 0. The number of ether oxygens (including phenoxy) is 1. The van der Waals surface area contributed by atoms with Gasteiger partial charge in [0.05, 0.1) is 5.52 Å². The summed E-state index contributed by atoms with van der Waals surface area (Å²) in [5, 5.41) is 5.09. The maximum absolute atomic E-state index is 6.18. The zero-order valence-corrected chi connectivity index (χ0v) is 30.6. The zero-order chi connectivity index (χ0) is 36.6. The highest BCUT2D eigenvalue weighted by molar-refractivity contribution is 6.20. The van der Waals surface area contributed by atoms with E-state index in [0.29, 0.717) is 6.61 Å². The third-order valence-corrected chi connectivity index (χ3v) is 9.82. The second-order valence-electron chi connectivity index (χ2n) is 13.4. The Kier molecular flexibility index (Phi) is 10.8. The van der Waals surface area contributed by atoms with Gasteiger partial charge in [0.1, 0.15) is 12.4 Å². The third-order valence-electron chi connectivity index (χ3n) is 9.82. The molecule has 260 valence electrons. The smallest absolute Gasteiger partial charge is 0.122 e. The van der Waals surface area contributed by atoms with Crippen LogP contribution in [0.3, 0.4) is 0 Å². The second kappa shape index (κ2) is 16.3. The van der Waals surface area contributed by atoms with Gasteiger partial charge in [0.2, 0.25) is 0 Å². The van der Waals surface area contributed by atoms with Gasteiger partial charge in [0, 0.05) is 27.9 Å². The van der Waals surface area contributed by atoms with E-state index in [1.165, 1.54) is 43.7 Å². The van der Waals surface area contributed by atoms with E-state index in [1.54, 1.807) is 0 Å². The Labute approximate surface area is 313 Å². The van der Waals surface area contributed by atoms with Crippen LogP contribution in [0.1, 0.15) is 31.9 Å². The van der Waals surface area contributed by atoms with Gasteiger partial charge in [-0.05, 0) is 94.8 Å². The van der Waals surface area contributed by atoms with Crippen molar-refractivity contribution in [3.05, 3.63) is 223 Å². The van der Waals surface area contributed by atoms with Crippen LogP contribution in [0.5, 0.6) is 0 Å². The maximum atomic E-state index is 6.18. The van der Waals surface area contributed by atoms with Crippen LogP contribution in [0.25, 0.3) is 49.3 Å². The fraction of sp³-hybridized carbons (Fsp3) is 0.0980. The first-order valence-electron chi connectivity index (χ1n) is 18.3. The van der Waals surface area contributed by atoms with Gasteiger partial charge in [0.15, 0.2) is 0 Å². The predicted molar refractivity (Wildman–Crippen MR) is 229 cm³/mol. The summed E-state index contributed by atoms with van der Waals surface area (Å²) < 4.78 is 8.63. The highest BCUT2D eigenvalue weighted by Crippen LogP contribution is 2.37. The molecule has 7 rings (SSSR count). The minimum absolute atomic E-state index is 0.0609. The summed E-state index contributed by atoms with van der Waals surface area (Å²) in [4.78, 5) is 0. The van der Waals surface area contributed by atoms with Crippen LogP contribution in [0.4, 0.5) is 0 Å². The van der Waals surface area contributed by atoms with Gasteiger partial charge >= 0.3 is 0 Å². The Balaban J connectivity index is 1.28. The number of hydrogen-bond acceptors (Lipinski definition) is 1. The molecule has 1 unspecified atom stereocenters. The second-order valence-corrected chi connectivity index (χ2v) is 13.4. The molecule has 0 bridgehead atoms. The summed E-state index contributed by atoms with van der Waals surface area (Å²) in [5.41, 5.74) is 10.0. The van der Waals surface area contributed by atoms with Crippen molar-refractivity contribution >= 4 is 38.2 Å². The molecule has 5 aromatic carbocycles. The summed E-state index contributed by atoms with van der Waals surface area (Å²) in [6.45, 7) is 13.5. The van der Waals surface area contributed by atoms with E-state index in [-0.39, 0.29) is 6.04 Å². The average Bonchev–Trinajstić information content (AvgIpc) is 3.61. The lowest BCUT2D eigenvalue weighted by atomic mass is 9.95. The number of para-hydroxylation sites is 1. The van der Waals surface area contributed by atoms with Gasteiger partial charge in [-0.1, -0.05) is 165 Å². The molecule has 0 radical (unpaired) electrons. The van der Waals surface area contributed by atoms with Crippen molar-refractivity contribution in [2.75, 3.05) is 6.61 Å². The molecule has 6 aromatic rings. The van der Waals surface area contributed by atoms with E-state index < -0.39 is 0 Å². The number of allylic oxidation sites excluding steroid dienone is 13. The normalized spacial score (nSPS) is 17.1. The molecule has 0 N–H and O–H groups in total. The highest BCUT2D eigenvalue weighted by Gasteiger charge is 2.16. The monoisotopic (exact) mass is 687 g/mol. The molecule has 2 nitrogen and oxygen atoms in total. The van der Waals surface area contributed by atoms with Crippen molar-refractivity contribution in [1.82, 2.24) is 4.57 Å². The van der Waals surface area contributed by atoms with Gasteiger partial charge in [-0.15, -0.1) is 0 Å². The van der Waals surface area contributed by atoms with Crippen molar-refractivity contribution < 1.29 is 4.74 Å². The van der Waals surface area contributed by atoms with E-state index in [9.17, 15) is 0 Å². The third kappa shape index (κ3) is 7.78. The lowest BCUT2D eigenvalue weighted by Crippen LogP contribution is -2.02. The summed E-state index contributed by atoms with van der Waals surface area (Å²) in [6, 6.07) is 41.2. The van der Waals surface area contributed by atoms with Crippen molar-refractivity contribution in [2.24, 2.45) is 0 Å². The minimum Gasteiger partial charge on any atom is -0.489 e. The molecule has 0 saturated carbocycles. The SMILES string of the molecule is C=C/C=C(\C=C/C(C)n1c2ccccc2c2c3ccccc3ccc21)C(=C/C(=C)/C1=C/C/C=C\C=C/CO1)/C=C(\C)c1ccc(-c2ccccc2)cc1. The molecule has 0 fully saturated rings. The van der Waals surface area contributed by atoms with E-state index in [0.717, 1.165) is 40.0 Å². The Morgan fingerprint density at radius 3 is 2.26 bits per heavy atom. The number of fused-ring (bicyclic) bond motifs is 5. The molecule has 0 saturated heterocycles. The minimum atomic E-state index is 0.0609. The first-order chi connectivity index (χ1) is 26.0. The van der Waals surface area contributed by atoms with Gasteiger partial charge in [-0.3, -0.25) is 0 Å². The van der Waals surface area contributed by atoms with E-state index in [4.69, 9.17) is 4.74 Å². The van der Waals surface area contributed by atoms with Crippen LogP contribution in [-0.4, -0.2) is 11.2 Å². The van der Waals surface area contributed by atoms with Gasteiger partial charge in [0.25, 0.3) is 0 Å². The van der Waals surface area contributed by atoms with Crippen LogP contribution in [0.15, 0.2) is 218 Å². The Morgan fingerprint density at radius 2 is 1.45 bits per heavy atom. The topological polar surface area (TPSA) is 14.2 Å². The number of rotatable bonds is 10. The first kappa shape index (κ1) is 35.0. The number of hydrogen-bond donors (Lipinski definition) is 0. The molecule has 2 heteroatoms. The maximum Gasteiger partial charge on any atom is 0.122 e. The Hall–Kier alpha value is -6.38. The molecule has 0 amide bonds. The molecule has 1 atom stereocenters. The van der Waals surface area contributed by atoms with E-state index in [1.807, 2.05) is 24.3 Å². The molecule has 0 spiro atoms. The van der Waals surface area contributed by atoms with Crippen molar-refractivity contribution in [3.63, 3.8) is 0 Å². The molecule has 53 heavy (non-hydrogen) atoms. The van der Waals surface area contributed by atoms with Gasteiger partial charge < -0.3 is 9.30 Å². The van der Waals surface area contributed by atoms with Gasteiger partial charge in [-0.2, -0.15) is 0 Å². The lowest BCUT2D eigenvalue weighted by molar-refractivity contribution is 0.257. The van der Waals surface area contributed by atoms with E-state index >= 15 is 0 Å². The van der Waals surface area contributed by atoms with Crippen LogP contribution in [-0.2, 0) is 4.74 Å². The molecule has 1 aliphatic heterocycles. The van der Waals surface area contributed by atoms with Crippen LogP contribution in [0, 0.1) is 0 Å². The molecule has 2 heterocycles. The summed E-state index contributed by atoms with van der Waals surface area (Å²) in [6.07, 6.45) is 23.9. The Morgan fingerprint density at radius 1 is 0.736 bits per heavy atom. The van der Waals surface area contributed by atoms with E-state index in [2.05, 4.69) is 189 Å². The fourth-order valence-corrected chi connectivity index (χ4v) is 7.14. The number of benzene rings is 5.